The molecule has 0 radical (unpaired) electrons. The smallest absolute Gasteiger partial charge is 0.311 e. The number of para-hydroxylation sites is 1. The first kappa shape index (κ1) is 14.9. The topological polar surface area (TPSA) is 138 Å². The number of ether oxygens (including phenoxy) is 1. The number of aliphatic hydroxyl groups is 1. The maximum atomic E-state index is 11.0. The standard InChI is InChI=1S/C12H14N4O5/c1-2-20-10-7(4-3-5-9(10)16(18)19)12-14-11(15-21-12)8(13)6-17/h3-5,8,17H,2,6,13H2,1H3. The van der Waals surface area contributed by atoms with Gasteiger partial charge in [0.15, 0.2) is 5.82 Å². The lowest BCUT2D eigenvalue weighted by atomic mass is 10.1. The monoisotopic (exact) mass is 294 g/mol. The zero-order valence-electron chi connectivity index (χ0n) is 11.2. The van der Waals surface area contributed by atoms with Gasteiger partial charge >= 0.3 is 5.69 Å². The molecule has 0 amide bonds. The van der Waals surface area contributed by atoms with Crippen molar-refractivity contribution in [2.45, 2.75) is 13.0 Å². The molecule has 9 heteroatoms. The van der Waals surface area contributed by atoms with E-state index in [-0.39, 0.29) is 36.4 Å². The van der Waals surface area contributed by atoms with E-state index < -0.39 is 11.0 Å². The lowest BCUT2D eigenvalue weighted by Crippen LogP contribution is -2.15. The van der Waals surface area contributed by atoms with Gasteiger partial charge in [0, 0.05) is 6.07 Å². The molecule has 1 unspecified atom stereocenters. The van der Waals surface area contributed by atoms with E-state index in [1.54, 1.807) is 13.0 Å². The number of nitrogens with two attached hydrogens (primary N) is 1. The van der Waals surface area contributed by atoms with Gasteiger partial charge in [-0.25, -0.2) is 0 Å². The first-order valence-electron chi connectivity index (χ1n) is 6.19. The van der Waals surface area contributed by atoms with E-state index in [0.29, 0.717) is 5.56 Å². The van der Waals surface area contributed by atoms with Gasteiger partial charge in [0.25, 0.3) is 5.89 Å². The second kappa shape index (κ2) is 6.29. The number of benzene rings is 1. The number of rotatable bonds is 6. The Morgan fingerprint density at radius 3 is 2.95 bits per heavy atom. The van der Waals surface area contributed by atoms with Gasteiger partial charge in [0.05, 0.1) is 29.7 Å². The number of aliphatic hydroxyl groups excluding tert-OH is 1. The fourth-order valence-corrected chi connectivity index (χ4v) is 1.71. The van der Waals surface area contributed by atoms with Crippen LogP contribution in [0.1, 0.15) is 18.8 Å². The Morgan fingerprint density at radius 1 is 1.57 bits per heavy atom. The lowest BCUT2D eigenvalue weighted by Gasteiger charge is -2.07. The number of aromatic nitrogens is 2. The average molecular weight is 294 g/mol. The Labute approximate surface area is 119 Å². The number of nitrogens with zero attached hydrogens (tertiary/aromatic N) is 3. The predicted molar refractivity (Wildman–Crippen MR) is 71.6 cm³/mol. The van der Waals surface area contributed by atoms with Gasteiger partial charge in [0.2, 0.25) is 5.75 Å². The maximum Gasteiger partial charge on any atom is 0.311 e. The minimum absolute atomic E-state index is 0.0426. The molecule has 3 N–H and O–H groups in total. The quantitative estimate of drug-likeness (QED) is 0.595. The Kier molecular flexibility index (Phi) is 4.45. The summed E-state index contributed by atoms with van der Waals surface area (Å²) in [5, 5.41) is 23.7. The van der Waals surface area contributed by atoms with Crippen LogP contribution >= 0.6 is 0 Å². The van der Waals surface area contributed by atoms with Crippen molar-refractivity contribution in [1.82, 2.24) is 10.1 Å². The van der Waals surface area contributed by atoms with E-state index in [1.807, 2.05) is 0 Å². The summed E-state index contributed by atoms with van der Waals surface area (Å²) in [6.07, 6.45) is 0. The van der Waals surface area contributed by atoms with Crippen LogP contribution < -0.4 is 10.5 Å². The highest BCUT2D eigenvalue weighted by molar-refractivity contribution is 5.70. The molecule has 0 aliphatic carbocycles. The number of hydrogen-bond donors (Lipinski definition) is 2. The van der Waals surface area contributed by atoms with Crippen molar-refractivity contribution in [3.8, 4) is 17.2 Å². The summed E-state index contributed by atoms with van der Waals surface area (Å²) in [7, 11) is 0. The van der Waals surface area contributed by atoms with Crippen LogP contribution in [-0.2, 0) is 0 Å². The van der Waals surface area contributed by atoms with Crippen molar-refractivity contribution < 1.29 is 19.3 Å². The van der Waals surface area contributed by atoms with E-state index in [2.05, 4.69) is 10.1 Å². The van der Waals surface area contributed by atoms with Crippen LogP contribution in [0, 0.1) is 10.1 Å². The van der Waals surface area contributed by atoms with Crippen molar-refractivity contribution >= 4 is 5.69 Å². The second-order valence-electron chi connectivity index (χ2n) is 4.09. The molecule has 0 aliphatic heterocycles. The molecule has 1 aromatic carbocycles. The number of nitro benzene ring substituents is 1. The van der Waals surface area contributed by atoms with Gasteiger partial charge in [-0.3, -0.25) is 10.1 Å². The van der Waals surface area contributed by atoms with Crippen LogP contribution in [0.25, 0.3) is 11.5 Å². The third-order valence-electron chi connectivity index (χ3n) is 2.68. The summed E-state index contributed by atoms with van der Waals surface area (Å²) < 4.78 is 10.4. The molecule has 0 saturated heterocycles. The largest absolute Gasteiger partial charge is 0.487 e. The summed E-state index contributed by atoms with van der Waals surface area (Å²) in [5.74, 6) is 0.209. The summed E-state index contributed by atoms with van der Waals surface area (Å²) in [5.41, 5.74) is 5.69. The molecule has 2 rings (SSSR count). The highest BCUT2D eigenvalue weighted by Crippen LogP contribution is 2.37. The molecule has 21 heavy (non-hydrogen) atoms. The summed E-state index contributed by atoms with van der Waals surface area (Å²) in [6.45, 7) is 1.61. The van der Waals surface area contributed by atoms with Crippen LogP contribution in [0.15, 0.2) is 22.7 Å². The highest BCUT2D eigenvalue weighted by Gasteiger charge is 2.24. The molecule has 0 bridgehead atoms. The third-order valence-corrected chi connectivity index (χ3v) is 2.68. The molecule has 112 valence electrons. The minimum Gasteiger partial charge on any atom is -0.487 e. The number of hydrogen-bond acceptors (Lipinski definition) is 8. The highest BCUT2D eigenvalue weighted by atomic mass is 16.6. The average Bonchev–Trinajstić information content (AvgIpc) is 2.96. The van der Waals surface area contributed by atoms with Crippen LogP contribution in [-0.4, -0.2) is 33.4 Å². The van der Waals surface area contributed by atoms with E-state index >= 15 is 0 Å². The molecule has 0 saturated carbocycles. The molecule has 9 nitrogen and oxygen atoms in total. The van der Waals surface area contributed by atoms with Gasteiger partial charge in [-0.1, -0.05) is 11.2 Å². The SMILES string of the molecule is CCOc1c(-c2nc(C(N)CO)no2)cccc1[N+](=O)[O-]. The van der Waals surface area contributed by atoms with Crippen LogP contribution in [0.2, 0.25) is 0 Å². The normalized spacial score (nSPS) is 12.1. The summed E-state index contributed by atoms with van der Waals surface area (Å²) >= 11 is 0. The molecule has 2 aromatic rings. The molecular weight excluding hydrogens is 280 g/mol. The Bertz CT molecular complexity index is 642. The van der Waals surface area contributed by atoms with Gasteiger partial charge in [0.1, 0.15) is 0 Å². The maximum absolute atomic E-state index is 11.0. The van der Waals surface area contributed by atoms with Crippen molar-refractivity contribution in [2.75, 3.05) is 13.2 Å². The zero-order chi connectivity index (χ0) is 15.4. The number of nitro groups is 1. The van der Waals surface area contributed by atoms with Crippen LogP contribution in [0.4, 0.5) is 5.69 Å². The molecule has 1 aromatic heterocycles. The molecule has 0 fully saturated rings. The minimum atomic E-state index is -0.781. The zero-order valence-corrected chi connectivity index (χ0v) is 11.2. The van der Waals surface area contributed by atoms with Gasteiger partial charge in [-0.2, -0.15) is 4.98 Å². The molecular formula is C12H14N4O5. The molecule has 1 heterocycles. The first-order valence-corrected chi connectivity index (χ1v) is 6.19. The van der Waals surface area contributed by atoms with Gasteiger partial charge in [-0.15, -0.1) is 0 Å². The fraction of sp³-hybridized carbons (Fsp3) is 0.333. The van der Waals surface area contributed by atoms with E-state index in [0.717, 1.165) is 0 Å². The molecule has 0 aliphatic rings. The summed E-state index contributed by atoms with van der Waals surface area (Å²) in [4.78, 5) is 14.5. The Balaban J connectivity index is 2.50. The molecule has 1 atom stereocenters. The van der Waals surface area contributed by atoms with E-state index in [1.165, 1.54) is 12.1 Å². The molecule has 0 spiro atoms. The van der Waals surface area contributed by atoms with Crippen molar-refractivity contribution in [3.63, 3.8) is 0 Å². The fourth-order valence-electron chi connectivity index (χ4n) is 1.71. The Hall–Kier alpha value is -2.52. The second-order valence-corrected chi connectivity index (χ2v) is 4.09. The van der Waals surface area contributed by atoms with Gasteiger partial charge < -0.3 is 20.1 Å². The predicted octanol–water partition coefficient (Wildman–Crippen LogP) is 1.04. The van der Waals surface area contributed by atoms with Crippen LogP contribution in [0.3, 0.4) is 0 Å². The van der Waals surface area contributed by atoms with E-state index in [9.17, 15) is 10.1 Å². The van der Waals surface area contributed by atoms with Crippen molar-refractivity contribution in [2.24, 2.45) is 5.73 Å². The van der Waals surface area contributed by atoms with Crippen LogP contribution in [0.5, 0.6) is 5.75 Å². The van der Waals surface area contributed by atoms with E-state index in [4.69, 9.17) is 20.1 Å². The summed E-state index contributed by atoms with van der Waals surface area (Å²) in [6, 6.07) is 3.60. The Morgan fingerprint density at radius 2 is 2.33 bits per heavy atom. The van der Waals surface area contributed by atoms with Crippen molar-refractivity contribution in [3.05, 3.63) is 34.1 Å². The van der Waals surface area contributed by atoms with Gasteiger partial charge in [-0.05, 0) is 13.0 Å². The third kappa shape index (κ3) is 2.98. The first-order chi connectivity index (χ1) is 10.1. The van der Waals surface area contributed by atoms with Crippen molar-refractivity contribution in [1.29, 1.82) is 0 Å². The lowest BCUT2D eigenvalue weighted by molar-refractivity contribution is -0.385.